The molecule has 4 aromatic rings. The maximum Gasteiger partial charge on any atom is 0.311 e. The number of nitro groups is 1. The highest BCUT2D eigenvalue weighted by molar-refractivity contribution is 5.77. The highest BCUT2D eigenvalue weighted by Gasteiger charge is 2.21. The van der Waals surface area contributed by atoms with Crippen LogP contribution in [0.2, 0.25) is 0 Å². The van der Waals surface area contributed by atoms with E-state index in [9.17, 15) is 14.9 Å². The molecule has 0 unspecified atom stereocenters. The highest BCUT2D eigenvalue weighted by atomic mass is 16.6. The third-order valence-corrected chi connectivity index (χ3v) is 5.09. The van der Waals surface area contributed by atoms with E-state index in [1.54, 1.807) is 47.4 Å². The largest absolute Gasteiger partial charge is 0.455 e. The van der Waals surface area contributed by atoms with Crippen molar-refractivity contribution in [2.24, 2.45) is 0 Å². The zero-order valence-electron chi connectivity index (χ0n) is 18.1. The van der Waals surface area contributed by atoms with Gasteiger partial charge in [0.05, 0.1) is 34.8 Å². The molecule has 0 N–H and O–H groups in total. The number of hydrogen-bond donors (Lipinski definition) is 0. The van der Waals surface area contributed by atoms with E-state index in [1.807, 2.05) is 30.3 Å². The van der Waals surface area contributed by atoms with E-state index in [2.05, 4.69) is 16.0 Å². The second kappa shape index (κ2) is 10.2. The van der Waals surface area contributed by atoms with Crippen molar-refractivity contribution in [1.29, 1.82) is 0 Å². The van der Waals surface area contributed by atoms with E-state index in [1.165, 1.54) is 12.1 Å². The predicted molar refractivity (Wildman–Crippen MR) is 126 cm³/mol. The summed E-state index contributed by atoms with van der Waals surface area (Å²) >= 11 is 0. The number of nitrogens with zero attached hydrogens (tertiary/aromatic N) is 4. The summed E-state index contributed by atoms with van der Waals surface area (Å²) in [5.41, 5.74) is 3.14. The fourth-order valence-corrected chi connectivity index (χ4v) is 3.47. The summed E-state index contributed by atoms with van der Waals surface area (Å²) in [6.07, 6.45) is 8.31. The lowest BCUT2D eigenvalue weighted by atomic mass is 10.1. The molecule has 0 aliphatic rings. The van der Waals surface area contributed by atoms with Crippen molar-refractivity contribution in [2.75, 3.05) is 0 Å². The number of para-hydroxylation sites is 1. The van der Waals surface area contributed by atoms with Crippen LogP contribution in [-0.4, -0.2) is 25.7 Å². The summed E-state index contributed by atoms with van der Waals surface area (Å²) in [4.78, 5) is 27.7. The van der Waals surface area contributed by atoms with Crippen LogP contribution in [0.5, 0.6) is 0 Å². The van der Waals surface area contributed by atoms with Crippen LogP contribution in [0, 0.1) is 22.5 Å². The van der Waals surface area contributed by atoms with Crippen LogP contribution in [0.4, 0.5) is 5.69 Å². The van der Waals surface area contributed by atoms with Crippen LogP contribution in [0.15, 0.2) is 85.2 Å². The fraction of sp³-hybridized carbons (Fsp3) is 0.115. The molecule has 0 aliphatic heterocycles. The summed E-state index contributed by atoms with van der Waals surface area (Å²) in [5, 5.41) is 15.7. The molecular weight excluding hydrogens is 432 g/mol. The van der Waals surface area contributed by atoms with E-state index in [0.29, 0.717) is 22.5 Å². The van der Waals surface area contributed by atoms with Crippen LogP contribution < -0.4 is 0 Å². The molecule has 0 spiro atoms. The lowest BCUT2D eigenvalue weighted by molar-refractivity contribution is -0.384. The first kappa shape index (κ1) is 22.4. The Morgan fingerprint density at radius 2 is 1.82 bits per heavy atom. The number of aromatic nitrogens is 3. The first-order chi connectivity index (χ1) is 16.5. The van der Waals surface area contributed by atoms with Crippen LogP contribution in [0.1, 0.15) is 23.8 Å². The number of nitro benzene ring substituents is 1. The van der Waals surface area contributed by atoms with E-state index in [-0.39, 0.29) is 18.5 Å². The molecule has 2 heterocycles. The number of carbonyl (C=O) groups is 1. The van der Waals surface area contributed by atoms with E-state index in [4.69, 9.17) is 11.2 Å². The minimum atomic E-state index is -0.661. The molecule has 1 atom stereocenters. The Morgan fingerprint density at radius 1 is 1.09 bits per heavy atom. The lowest BCUT2D eigenvalue weighted by Crippen LogP contribution is -2.14. The van der Waals surface area contributed by atoms with Crippen LogP contribution in [-0.2, 0) is 16.0 Å². The first-order valence-corrected chi connectivity index (χ1v) is 10.5. The van der Waals surface area contributed by atoms with Gasteiger partial charge >= 0.3 is 5.97 Å². The third kappa shape index (κ3) is 5.16. The van der Waals surface area contributed by atoms with Gasteiger partial charge in [-0.05, 0) is 36.4 Å². The Bertz CT molecular complexity index is 1330. The van der Waals surface area contributed by atoms with Crippen LogP contribution in [0.25, 0.3) is 16.9 Å². The minimum absolute atomic E-state index is 0.0281. The quantitative estimate of drug-likeness (QED) is 0.166. The summed E-state index contributed by atoms with van der Waals surface area (Å²) in [6.45, 7) is 0. The van der Waals surface area contributed by atoms with Crippen molar-refractivity contribution in [3.8, 4) is 29.3 Å². The molecule has 34 heavy (non-hydrogen) atoms. The molecule has 0 amide bonds. The highest BCUT2D eigenvalue weighted by Crippen LogP contribution is 2.27. The molecule has 2 aromatic carbocycles. The summed E-state index contributed by atoms with van der Waals surface area (Å²) < 4.78 is 7.33. The Labute approximate surface area is 196 Å². The molecule has 0 aliphatic carbocycles. The molecule has 0 fully saturated rings. The zero-order chi connectivity index (χ0) is 23.9. The molecule has 0 saturated carbocycles. The minimum Gasteiger partial charge on any atom is -0.455 e. The molecule has 8 nitrogen and oxygen atoms in total. The van der Waals surface area contributed by atoms with Crippen molar-refractivity contribution >= 4 is 11.7 Å². The van der Waals surface area contributed by atoms with Gasteiger partial charge in [-0.15, -0.1) is 12.3 Å². The van der Waals surface area contributed by atoms with Gasteiger partial charge in [0.1, 0.15) is 0 Å². The number of terminal acetylenes is 1. The second-order valence-corrected chi connectivity index (χ2v) is 7.41. The monoisotopic (exact) mass is 452 g/mol. The van der Waals surface area contributed by atoms with Gasteiger partial charge in [-0.2, -0.15) is 5.10 Å². The van der Waals surface area contributed by atoms with Gasteiger partial charge in [0.25, 0.3) is 5.69 Å². The number of pyridine rings is 1. The molecule has 8 heteroatoms. The zero-order valence-corrected chi connectivity index (χ0v) is 18.1. The topological polar surface area (TPSA) is 100 Å². The maximum atomic E-state index is 12.9. The Balaban J connectivity index is 1.64. The van der Waals surface area contributed by atoms with Crippen LogP contribution in [0.3, 0.4) is 0 Å². The van der Waals surface area contributed by atoms with Crippen molar-refractivity contribution in [1.82, 2.24) is 14.8 Å². The van der Waals surface area contributed by atoms with Gasteiger partial charge in [-0.25, -0.2) is 4.68 Å². The van der Waals surface area contributed by atoms with Gasteiger partial charge in [-0.3, -0.25) is 19.9 Å². The van der Waals surface area contributed by atoms with Crippen molar-refractivity contribution in [3.05, 3.63) is 107 Å². The number of esters is 1. The smallest absolute Gasteiger partial charge is 0.311 e. The molecular formula is C26H20N4O4. The Hall–Kier alpha value is -4.77. The van der Waals surface area contributed by atoms with E-state index in [0.717, 1.165) is 5.69 Å². The second-order valence-electron chi connectivity index (χ2n) is 7.41. The summed E-state index contributed by atoms with van der Waals surface area (Å²) in [7, 11) is 0. The van der Waals surface area contributed by atoms with Gasteiger partial charge < -0.3 is 4.74 Å². The number of non-ortho nitro benzene ring substituents is 1. The predicted octanol–water partition coefficient (Wildman–Crippen LogP) is 4.69. The third-order valence-electron chi connectivity index (χ3n) is 5.09. The number of rotatable bonds is 8. The SMILES string of the molecule is C#CC[C@@H](OC(=O)Cc1cn(-c2ccccc2)nc1-c1ccc([N+](=O)[O-])cc1)c1ccccn1. The fourth-order valence-electron chi connectivity index (χ4n) is 3.47. The van der Waals surface area contributed by atoms with E-state index < -0.39 is 17.0 Å². The molecule has 0 bridgehead atoms. The molecule has 0 radical (unpaired) electrons. The lowest BCUT2D eigenvalue weighted by Gasteiger charge is -2.15. The van der Waals surface area contributed by atoms with Crippen molar-refractivity contribution in [3.63, 3.8) is 0 Å². The van der Waals surface area contributed by atoms with Gasteiger partial charge in [0.15, 0.2) is 6.10 Å². The average Bonchev–Trinajstić information content (AvgIpc) is 3.28. The number of ether oxygens (including phenoxy) is 1. The normalized spacial score (nSPS) is 11.4. The van der Waals surface area contributed by atoms with E-state index >= 15 is 0 Å². The average molecular weight is 452 g/mol. The maximum absolute atomic E-state index is 12.9. The number of carbonyl (C=O) groups excluding carboxylic acids is 1. The molecule has 4 rings (SSSR count). The van der Waals surface area contributed by atoms with Gasteiger partial charge in [0, 0.05) is 35.7 Å². The molecule has 0 saturated heterocycles. The summed E-state index contributed by atoms with van der Waals surface area (Å²) in [6, 6.07) is 20.8. The first-order valence-electron chi connectivity index (χ1n) is 10.5. The number of hydrogen-bond acceptors (Lipinski definition) is 6. The number of benzene rings is 2. The van der Waals surface area contributed by atoms with Gasteiger partial charge in [0.2, 0.25) is 0 Å². The summed E-state index contributed by atoms with van der Waals surface area (Å²) in [5.74, 6) is 2.04. The van der Waals surface area contributed by atoms with Crippen molar-refractivity contribution in [2.45, 2.75) is 18.9 Å². The Morgan fingerprint density at radius 3 is 2.47 bits per heavy atom. The molecule has 2 aromatic heterocycles. The van der Waals surface area contributed by atoms with Crippen molar-refractivity contribution < 1.29 is 14.5 Å². The molecule has 168 valence electrons. The van der Waals surface area contributed by atoms with Crippen LogP contribution >= 0.6 is 0 Å². The standard InChI is InChI=1S/C26H20N4O4/c1-2-8-24(23-11-6-7-16-27-23)34-25(31)17-20-18-29(21-9-4-3-5-10-21)28-26(20)19-12-14-22(15-13-19)30(32)33/h1,3-7,9-16,18,24H,8,17H2/t24-/m1/s1. The van der Waals surface area contributed by atoms with Gasteiger partial charge in [-0.1, -0.05) is 24.3 Å². The Kier molecular flexibility index (Phi) is 6.75.